The molecule has 1 unspecified atom stereocenters. The molecule has 0 radical (unpaired) electrons. The highest BCUT2D eigenvalue weighted by Gasteiger charge is 2.34. The highest BCUT2D eigenvalue weighted by atomic mass is 35.5. The van der Waals surface area contributed by atoms with E-state index in [9.17, 15) is 9.90 Å². The van der Waals surface area contributed by atoms with Crippen molar-refractivity contribution in [1.82, 2.24) is 9.88 Å². The number of halogens is 1. The van der Waals surface area contributed by atoms with Crippen molar-refractivity contribution in [3.05, 3.63) is 124 Å². The van der Waals surface area contributed by atoms with Crippen LogP contribution in [-0.2, 0) is 5.60 Å². The lowest BCUT2D eigenvalue weighted by molar-refractivity contribution is -0.0254. The summed E-state index contributed by atoms with van der Waals surface area (Å²) in [5, 5.41) is 11.9. The summed E-state index contributed by atoms with van der Waals surface area (Å²) in [6, 6.07) is 15.0. The molecule has 1 aromatic carbocycles. The van der Waals surface area contributed by atoms with Gasteiger partial charge in [0, 0.05) is 42.0 Å². The average molecular weight is 541 g/mol. The van der Waals surface area contributed by atoms with Crippen molar-refractivity contribution in [1.29, 1.82) is 0 Å². The fourth-order valence-electron chi connectivity index (χ4n) is 5.52. The molecule has 39 heavy (non-hydrogen) atoms. The Morgan fingerprint density at radius 3 is 2.72 bits per heavy atom. The quantitative estimate of drug-likeness (QED) is 0.362. The van der Waals surface area contributed by atoms with Gasteiger partial charge in [0.25, 0.3) is 0 Å². The molecule has 1 fully saturated rings. The first-order chi connectivity index (χ1) is 19.0. The third-order valence-corrected chi connectivity index (χ3v) is 7.97. The summed E-state index contributed by atoms with van der Waals surface area (Å²) in [6.45, 7) is 2.52. The molecule has 1 saturated heterocycles. The number of aromatic nitrogens is 1. The maximum absolute atomic E-state index is 11.2. The second-order valence-electron chi connectivity index (χ2n) is 10.1. The van der Waals surface area contributed by atoms with Gasteiger partial charge in [-0.3, -0.25) is 4.79 Å². The number of carbonyl (C=O) groups is 1. The Morgan fingerprint density at radius 2 is 1.95 bits per heavy atom. The van der Waals surface area contributed by atoms with Crippen LogP contribution in [0.1, 0.15) is 52.6 Å². The number of carbonyl (C=O) groups excluding carboxylic acids is 1. The van der Waals surface area contributed by atoms with Crippen molar-refractivity contribution < 1.29 is 19.1 Å². The van der Waals surface area contributed by atoms with Crippen LogP contribution in [0.3, 0.4) is 0 Å². The zero-order valence-corrected chi connectivity index (χ0v) is 22.2. The molecule has 6 nitrogen and oxygen atoms in total. The smallest absolute Gasteiger partial charge is 0.227 e. The van der Waals surface area contributed by atoms with E-state index in [0.29, 0.717) is 47.3 Å². The van der Waals surface area contributed by atoms with Crippen LogP contribution < -0.4 is 4.74 Å². The molecule has 0 amide bonds. The number of likely N-dealkylation sites (tertiary alicyclic amines) is 1. The number of hydrogen-bond acceptors (Lipinski definition) is 6. The number of fused-ring (bicyclic) bond motifs is 2. The van der Waals surface area contributed by atoms with Gasteiger partial charge in [-0.15, -0.1) is 0 Å². The summed E-state index contributed by atoms with van der Waals surface area (Å²) in [5.41, 5.74) is 3.05. The molecule has 3 aliphatic rings. The fraction of sp³-hybridized carbons (Fsp3) is 0.250. The number of hydrogen-bond donors (Lipinski definition) is 1. The van der Waals surface area contributed by atoms with Gasteiger partial charge < -0.3 is 19.2 Å². The predicted octanol–water partition coefficient (Wildman–Crippen LogP) is 6.45. The van der Waals surface area contributed by atoms with Crippen LogP contribution in [0.15, 0.2) is 101 Å². The number of benzene rings is 1. The zero-order valence-electron chi connectivity index (χ0n) is 21.4. The molecule has 0 bridgehead atoms. The molecular weight excluding hydrogens is 512 g/mol. The maximum atomic E-state index is 11.2. The Labute approximate surface area is 232 Å². The molecule has 0 saturated carbocycles. The standard InChI is InChI=1S/C32H29ClN2O4/c33-24-10-8-23(9-11-24)32(37)14-18-35(19-15-32)17-3-4-22-20-28-27(30-13-12-25(21-36)38-30)5-1-7-29(28)39-31-26(22)6-2-16-34-31/h1-2,4-13,16,20-21,27,37H,3,14-15,17-19H2. The van der Waals surface area contributed by atoms with Gasteiger partial charge in [0.1, 0.15) is 11.5 Å². The van der Waals surface area contributed by atoms with Gasteiger partial charge in [0.15, 0.2) is 12.0 Å². The number of ether oxygens (including phenoxy) is 1. The number of allylic oxidation sites excluding steroid dienone is 6. The van der Waals surface area contributed by atoms with Crippen molar-refractivity contribution >= 4 is 23.5 Å². The minimum atomic E-state index is -0.810. The molecule has 1 N–H and O–H groups in total. The zero-order chi connectivity index (χ0) is 26.8. The van der Waals surface area contributed by atoms with Crippen molar-refractivity contribution in [2.24, 2.45) is 0 Å². The lowest BCUT2D eigenvalue weighted by atomic mass is 9.84. The fourth-order valence-corrected chi connectivity index (χ4v) is 5.64. The van der Waals surface area contributed by atoms with E-state index in [1.165, 1.54) is 0 Å². The highest BCUT2D eigenvalue weighted by molar-refractivity contribution is 6.30. The van der Waals surface area contributed by atoms with E-state index in [1.807, 2.05) is 60.7 Å². The largest absolute Gasteiger partial charge is 0.457 e. The molecule has 1 aliphatic carbocycles. The summed E-state index contributed by atoms with van der Waals surface area (Å²) in [4.78, 5) is 18.1. The molecule has 198 valence electrons. The van der Waals surface area contributed by atoms with Crippen LogP contribution in [0.2, 0.25) is 5.02 Å². The second kappa shape index (κ2) is 10.8. The molecule has 2 aliphatic heterocycles. The van der Waals surface area contributed by atoms with Gasteiger partial charge in [0.05, 0.1) is 11.5 Å². The van der Waals surface area contributed by atoms with Crippen molar-refractivity contribution in [3.63, 3.8) is 0 Å². The van der Waals surface area contributed by atoms with Crippen LogP contribution in [0.4, 0.5) is 0 Å². The Morgan fingerprint density at radius 1 is 1.13 bits per heavy atom. The van der Waals surface area contributed by atoms with Crippen LogP contribution in [-0.4, -0.2) is 40.9 Å². The van der Waals surface area contributed by atoms with Gasteiger partial charge in [-0.2, -0.15) is 0 Å². The molecule has 2 aromatic heterocycles. The van der Waals surface area contributed by atoms with Gasteiger partial charge in [0.2, 0.25) is 5.88 Å². The van der Waals surface area contributed by atoms with Gasteiger partial charge in [-0.25, -0.2) is 4.98 Å². The second-order valence-corrected chi connectivity index (χ2v) is 10.6. The van der Waals surface area contributed by atoms with E-state index in [2.05, 4.69) is 22.0 Å². The number of nitrogens with zero attached hydrogens (tertiary/aromatic N) is 2. The number of rotatable bonds is 6. The van der Waals surface area contributed by atoms with Crippen LogP contribution in [0.25, 0.3) is 5.57 Å². The predicted molar refractivity (Wildman–Crippen MR) is 151 cm³/mol. The third kappa shape index (κ3) is 5.28. The molecule has 7 heteroatoms. The monoisotopic (exact) mass is 540 g/mol. The Hall–Kier alpha value is -3.71. The van der Waals surface area contributed by atoms with Gasteiger partial charge in [-0.1, -0.05) is 42.0 Å². The molecule has 0 spiro atoms. The Kier molecular flexibility index (Phi) is 7.09. The number of pyridine rings is 1. The van der Waals surface area contributed by atoms with E-state index in [4.69, 9.17) is 20.8 Å². The number of piperidine rings is 1. The van der Waals surface area contributed by atoms with E-state index >= 15 is 0 Å². The topological polar surface area (TPSA) is 75.8 Å². The van der Waals surface area contributed by atoms with Gasteiger partial charge in [-0.05, 0) is 78.9 Å². The minimum absolute atomic E-state index is 0.177. The first-order valence-corrected chi connectivity index (χ1v) is 13.6. The summed E-state index contributed by atoms with van der Waals surface area (Å²) >= 11 is 6.03. The van der Waals surface area contributed by atoms with Crippen molar-refractivity contribution in [3.8, 4) is 5.88 Å². The molecule has 6 rings (SSSR count). The summed E-state index contributed by atoms with van der Waals surface area (Å²) in [6.07, 6.45) is 14.9. The van der Waals surface area contributed by atoms with Crippen LogP contribution >= 0.6 is 11.6 Å². The summed E-state index contributed by atoms with van der Waals surface area (Å²) in [5.74, 6) is 2.09. The number of aldehydes is 1. The van der Waals surface area contributed by atoms with E-state index in [-0.39, 0.29) is 5.92 Å². The Bertz CT molecular complexity index is 1490. The van der Waals surface area contributed by atoms with Crippen LogP contribution in [0.5, 0.6) is 5.88 Å². The number of aliphatic hydroxyl groups is 1. The summed E-state index contributed by atoms with van der Waals surface area (Å²) < 4.78 is 12.1. The van der Waals surface area contributed by atoms with Crippen molar-refractivity contribution in [2.75, 3.05) is 19.6 Å². The minimum Gasteiger partial charge on any atom is -0.457 e. The SMILES string of the molecule is O=Cc1ccc(C2C=CC=C3Oc4ncccc4C(=CCCN4CCC(O)(c5ccc(Cl)cc5)CC4)C=C32)o1. The van der Waals surface area contributed by atoms with E-state index < -0.39 is 5.60 Å². The third-order valence-electron chi connectivity index (χ3n) is 7.72. The first-order valence-electron chi connectivity index (χ1n) is 13.2. The van der Waals surface area contributed by atoms with E-state index in [1.54, 1.807) is 12.3 Å². The molecule has 4 heterocycles. The normalized spacial score (nSPS) is 21.3. The molecule has 3 aromatic rings. The maximum Gasteiger partial charge on any atom is 0.227 e. The average Bonchev–Trinajstić information content (AvgIpc) is 3.38. The highest BCUT2D eigenvalue weighted by Crippen LogP contribution is 2.42. The van der Waals surface area contributed by atoms with Crippen LogP contribution in [0, 0.1) is 0 Å². The lowest BCUT2D eigenvalue weighted by Crippen LogP contribution is -2.42. The lowest BCUT2D eigenvalue weighted by Gasteiger charge is -2.38. The molecule has 1 atom stereocenters. The van der Waals surface area contributed by atoms with Crippen molar-refractivity contribution in [2.45, 2.75) is 30.8 Å². The number of furan rings is 1. The van der Waals surface area contributed by atoms with E-state index in [0.717, 1.165) is 48.3 Å². The Balaban J connectivity index is 1.20. The first kappa shape index (κ1) is 25.6. The van der Waals surface area contributed by atoms with Gasteiger partial charge >= 0.3 is 0 Å². The molecular formula is C32H29ClN2O4. The summed E-state index contributed by atoms with van der Waals surface area (Å²) in [7, 11) is 0.